The van der Waals surface area contributed by atoms with Crippen LogP contribution >= 0.6 is 0 Å². The van der Waals surface area contributed by atoms with Crippen LogP contribution in [-0.2, 0) is 6.42 Å². The number of anilines is 2. The van der Waals surface area contributed by atoms with Crippen molar-refractivity contribution in [3.05, 3.63) is 59.2 Å². The zero-order valence-corrected chi connectivity index (χ0v) is 17.0. The molecular formula is C23H27F2N3O2. The maximum absolute atomic E-state index is 14.6. The van der Waals surface area contributed by atoms with Gasteiger partial charge in [-0.05, 0) is 55.6 Å². The largest absolute Gasteiger partial charge is 0.385 e. The van der Waals surface area contributed by atoms with Gasteiger partial charge >= 0.3 is 0 Å². The lowest BCUT2D eigenvalue weighted by molar-refractivity contribution is -0.108. The number of hydrogen-bond donors (Lipinski definition) is 3. The third-order valence-electron chi connectivity index (χ3n) is 6.12. The van der Waals surface area contributed by atoms with E-state index < -0.39 is 17.2 Å². The Kier molecular flexibility index (Phi) is 5.75. The van der Waals surface area contributed by atoms with Gasteiger partial charge in [-0.1, -0.05) is 25.5 Å². The van der Waals surface area contributed by atoms with Crippen LogP contribution < -0.4 is 10.6 Å². The number of carbonyl (C=O) groups is 1. The van der Waals surface area contributed by atoms with Gasteiger partial charge in [0.15, 0.2) is 0 Å². The van der Waals surface area contributed by atoms with Gasteiger partial charge in [0, 0.05) is 6.04 Å². The minimum absolute atomic E-state index is 0.0356. The SMILES string of the molecule is CCc1ccc(Nc2c(F)cccc2C(=O)N2CC(O)(C3CCCCN3)C2)c(F)c1. The molecule has 160 valence electrons. The molecule has 2 aromatic carbocycles. The number of hydrogen-bond acceptors (Lipinski definition) is 4. The summed E-state index contributed by atoms with van der Waals surface area (Å²) in [5.74, 6) is -1.52. The van der Waals surface area contributed by atoms with Crippen molar-refractivity contribution in [3.63, 3.8) is 0 Å². The summed E-state index contributed by atoms with van der Waals surface area (Å²) in [7, 11) is 0. The average Bonchev–Trinajstić information content (AvgIpc) is 2.74. The highest BCUT2D eigenvalue weighted by Gasteiger charge is 2.49. The van der Waals surface area contributed by atoms with E-state index >= 15 is 0 Å². The number of para-hydroxylation sites is 1. The summed E-state index contributed by atoms with van der Waals surface area (Å²) in [5, 5.41) is 16.9. The Labute approximate surface area is 175 Å². The number of carbonyl (C=O) groups excluding carboxylic acids is 1. The number of nitrogens with zero attached hydrogens (tertiary/aromatic N) is 1. The Morgan fingerprint density at radius 1 is 1.23 bits per heavy atom. The lowest BCUT2D eigenvalue weighted by Crippen LogP contribution is -2.72. The third-order valence-corrected chi connectivity index (χ3v) is 6.12. The molecule has 1 unspecified atom stereocenters. The lowest BCUT2D eigenvalue weighted by Gasteiger charge is -2.51. The monoisotopic (exact) mass is 415 g/mol. The molecule has 30 heavy (non-hydrogen) atoms. The molecule has 1 amide bonds. The molecule has 2 aliphatic heterocycles. The molecule has 0 bridgehead atoms. The minimum atomic E-state index is -0.959. The summed E-state index contributed by atoms with van der Waals surface area (Å²) in [5.41, 5.74) is 0.0421. The Hall–Kier alpha value is -2.51. The Morgan fingerprint density at radius 2 is 2.03 bits per heavy atom. The van der Waals surface area contributed by atoms with Crippen LogP contribution in [0.25, 0.3) is 0 Å². The van der Waals surface area contributed by atoms with Gasteiger partial charge in [-0.3, -0.25) is 4.79 Å². The third kappa shape index (κ3) is 3.91. The lowest BCUT2D eigenvalue weighted by atomic mass is 9.81. The number of aryl methyl sites for hydroxylation is 1. The number of β-amino-alcohol motifs (C(OH)–C–C–N with tert-alkyl or cyclic N) is 1. The fraction of sp³-hybridized carbons (Fsp3) is 0.435. The van der Waals surface area contributed by atoms with Crippen molar-refractivity contribution in [2.24, 2.45) is 0 Å². The van der Waals surface area contributed by atoms with E-state index in [1.165, 1.54) is 29.2 Å². The number of likely N-dealkylation sites (tertiary alicyclic amines) is 1. The highest BCUT2D eigenvalue weighted by molar-refractivity contribution is 6.01. The Morgan fingerprint density at radius 3 is 2.70 bits per heavy atom. The first kappa shape index (κ1) is 20.8. The number of nitrogens with one attached hydrogen (secondary N) is 2. The molecule has 0 saturated carbocycles. The fourth-order valence-electron chi connectivity index (χ4n) is 4.30. The summed E-state index contributed by atoms with van der Waals surface area (Å²) >= 11 is 0. The van der Waals surface area contributed by atoms with Crippen molar-refractivity contribution in [2.45, 2.75) is 44.2 Å². The molecule has 7 heteroatoms. The fourth-order valence-corrected chi connectivity index (χ4v) is 4.30. The molecule has 4 rings (SSSR count). The van der Waals surface area contributed by atoms with Gasteiger partial charge in [0.1, 0.15) is 17.2 Å². The molecule has 0 radical (unpaired) electrons. The quantitative estimate of drug-likeness (QED) is 0.698. The molecule has 0 aliphatic carbocycles. The Balaban J connectivity index is 1.52. The minimum Gasteiger partial charge on any atom is -0.385 e. The zero-order chi connectivity index (χ0) is 21.3. The molecule has 2 aromatic rings. The van der Waals surface area contributed by atoms with Crippen LogP contribution in [-0.4, -0.2) is 47.2 Å². The summed E-state index contributed by atoms with van der Waals surface area (Å²) < 4.78 is 29.0. The first-order chi connectivity index (χ1) is 14.4. The Bertz CT molecular complexity index is 938. The normalized spacial score (nSPS) is 20.5. The average molecular weight is 415 g/mol. The van der Waals surface area contributed by atoms with Gasteiger partial charge in [0.2, 0.25) is 0 Å². The van der Waals surface area contributed by atoms with E-state index in [1.54, 1.807) is 12.1 Å². The molecule has 1 atom stereocenters. The van der Waals surface area contributed by atoms with Crippen LogP contribution in [0.2, 0.25) is 0 Å². The number of halogens is 2. The van der Waals surface area contributed by atoms with Gasteiger partial charge in [-0.25, -0.2) is 8.78 Å². The predicted octanol–water partition coefficient (Wildman–Crippen LogP) is 3.60. The van der Waals surface area contributed by atoms with E-state index in [1.807, 2.05) is 6.92 Å². The molecule has 5 nitrogen and oxygen atoms in total. The molecule has 2 heterocycles. The topological polar surface area (TPSA) is 64.6 Å². The summed E-state index contributed by atoms with van der Waals surface area (Å²) in [6, 6.07) is 8.88. The van der Waals surface area contributed by atoms with Crippen LogP contribution in [0.4, 0.5) is 20.2 Å². The highest BCUT2D eigenvalue weighted by Crippen LogP contribution is 2.33. The molecule has 2 saturated heterocycles. The number of benzene rings is 2. The van der Waals surface area contributed by atoms with E-state index in [9.17, 15) is 18.7 Å². The second-order valence-corrected chi connectivity index (χ2v) is 8.22. The van der Waals surface area contributed by atoms with Crippen molar-refractivity contribution >= 4 is 17.3 Å². The molecule has 0 aromatic heterocycles. The van der Waals surface area contributed by atoms with Crippen LogP contribution in [0.5, 0.6) is 0 Å². The second kappa shape index (κ2) is 8.32. The van der Waals surface area contributed by atoms with Crippen LogP contribution in [0.3, 0.4) is 0 Å². The predicted molar refractivity (Wildman–Crippen MR) is 112 cm³/mol. The van der Waals surface area contributed by atoms with E-state index in [4.69, 9.17) is 0 Å². The maximum atomic E-state index is 14.6. The van der Waals surface area contributed by atoms with Gasteiger partial charge < -0.3 is 20.6 Å². The van der Waals surface area contributed by atoms with Crippen LogP contribution in [0.1, 0.15) is 42.1 Å². The van der Waals surface area contributed by atoms with E-state index in [2.05, 4.69) is 10.6 Å². The molecule has 2 aliphatic rings. The number of amides is 1. The van der Waals surface area contributed by atoms with Crippen molar-refractivity contribution in [2.75, 3.05) is 25.0 Å². The standard InChI is InChI=1S/C23H27F2N3O2/c1-2-15-9-10-19(18(25)12-15)27-21-16(6-5-7-17(21)24)22(29)28-13-23(30,14-28)20-8-3-4-11-26-20/h5-7,9-10,12,20,26-27,30H,2-4,8,11,13-14H2,1H3. The van der Waals surface area contributed by atoms with Crippen LogP contribution in [0, 0.1) is 11.6 Å². The first-order valence-corrected chi connectivity index (χ1v) is 10.5. The smallest absolute Gasteiger partial charge is 0.256 e. The van der Waals surface area contributed by atoms with Crippen molar-refractivity contribution in [1.29, 1.82) is 0 Å². The maximum Gasteiger partial charge on any atom is 0.256 e. The molecule has 2 fully saturated rings. The molecule has 3 N–H and O–H groups in total. The number of rotatable bonds is 5. The molecule has 0 spiro atoms. The van der Waals surface area contributed by atoms with Crippen LogP contribution in [0.15, 0.2) is 36.4 Å². The number of piperidine rings is 1. The highest BCUT2D eigenvalue weighted by atomic mass is 19.1. The van der Waals surface area contributed by atoms with Crippen molar-refractivity contribution in [1.82, 2.24) is 10.2 Å². The van der Waals surface area contributed by atoms with Crippen molar-refractivity contribution < 1.29 is 18.7 Å². The van der Waals surface area contributed by atoms with Gasteiger partial charge in [0.05, 0.1) is 30.0 Å². The van der Waals surface area contributed by atoms with Gasteiger partial charge in [0.25, 0.3) is 5.91 Å². The molecular weight excluding hydrogens is 388 g/mol. The summed E-state index contributed by atoms with van der Waals surface area (Å²) in [6.07, 6.45) is 3.70. The van der Waals surface area contributed by atoms with E-state index in [0.717, 1.165) is 31.4 Å². The number of aliphatic hydroxyl groups is 1. The second-order valence-electron chi connectivity index (χ2n) is 8.22. The first-order valence-electron chi connectivity index (χ1n) is 10.5. The van der Waals surface area contributed by atoms with Gasteiger partial charge in [-0.2, -0.15) is 0 Å². The van der Waals surface area contributed by atoms with Crippen molar-refractivity contribution in [3.8, 4) is 0 Å². The van der Waals surface area contributed by atoms with E-state index in [-0.39, 0.29) is 42.0 Å². The van der Waals surface area contributed by atoms with E-state index in [0.29, 0.717) is 6.42 Å². The zero-order valence-electron chi connectivity index (χ0n) is 17.0. The summed E-state index contributed by atoms with van der Waals surface area (Å²) in [6.45, 7) is 3.17. The summed E-state index contributed by atoms with van der Waals surface area (Å²) in [4.78, 5) is 14.5. The van der Waals surface area contributed by atoms with Gasteiger partial charge in [-0.15, -0.1) is 0 Å².